The van der Waals surface area contributed by atoms with Gasteiger partial charge in [0.25, 0.3) is 0 Å². The van der Waals surface area contributed by atoms with Crippen molar-refractivity contribution in [3.05, 3.63) is 182 Å². The van der Waals surface area contributed by atoms with Gasteiger partial charge in [0.05, 0.1) is 0 Å². The maximum Gasteiger partial charge on any atom is 0.136 e. The van der Waals surface area contributed by atoms with Crippen molar-refractivity contribution in [1.29, 1.82) is 0 Å². The van der Waals surface area contributed by atoms with Gasteiger partial charge in [-0.2, -0.15) is 0 Å². The highest BCUT2D eigenvalue weighted by atomic mass is 32.1. The lowest BCUT2D eigenvalue weighted by molar-refractivity contribution is 0.669. The smallest absolute Gasteiger partial charge is 0.136 e. The topological polar surface area (TPSA) is 13.1 Å². The van der Waals surface area contributed by atoms with E-state index in [1.54, 1.807) is 0 Å². The quantitative estimate of drug-likeness (QED) is 0.169. The second-order valence-electron chi connectivity index (χ2n) is 13.6. The maximum absolute atomic E-state index is 6.41. The fraction of sp³-hybridized carbons (Fsp3) is 0. The summed E-state index contributed by atoms with van der Waals surface area (Å²) in [7, 11) is 0. The second-order valence-corrected chi connectivity index (χ2v) is 14.6. The molecule has 11 rings (SSSR count). The molecular formula is C50H30OS. The first kappa shape index (κ1) is 29.3. The van der Waals surface area contributed by atoms with Crippen LogP contribution in [0.3, 0.4) is 0 Å². The van der Waals surface area contributed by atoms with Crippen molar-refractivity contribution in [1.82, 2.24) is 0 Å². The van der Waals surface area contributed by atoms with Crippen molar-refractivity contribution in [3.63, 3.8) is 0 Å². The van der Waals surface area contributed by atoms with E-state index in [0.717, 1.165) is 16.6 Å². The van der Waals surface area contributed by atoms with Gasteiger partial charge in [0, 0.05) is 25.7 Å². The fourth-order valence-corrected chi connectivity index (χ4v) is 9.54. The molecule has 52 heavy (non-hydrogen) atoms. The van der Waals surface area contributed by atoms with Gasteiger partial charge in [0.15, 0.2) is 0 Å². The molecule has 1 nitrogen and oxygen atoms in total. The molecule has 2 aromatic heterocycles. The van der Waals surface area contributed by atoms with Gasteiger partial charge in [-0.15, -0.1) is 11.3 Å². The predicted octanol–water partition coefficient (Wildman–Crippen LogP) is 14.9. The molecule has 0 aliphatic carbocycles. The number of thiophene rings is 1. The van der Waals surface area contributed by atoms with E-state index in [1.807, 2.05) is 11.3 Å². The van der Waals surface area contributed by atoms with Crippen LogP contribution in [0.5, 0.6) is 0 Å². The minimum atomic E-state index is 0.911. The van der Waals surface area contributed by atoms with Crippen LogP contribution in [0.25, 0.3) is 108 Å². The Morgan fingerprint density at radius 2 is 0.962 bits per heavy atom. The van der Waals surface area contributed by atoms with Gasteiger partial charge in [-0.05, 0) is 102 Å². The van der Waals surface area contributed by atoms with E-state index < -0.39 is 0 Å². The van der Waals surface area contributed by atoms with Crippen molar-refractivity contribution in [2.45, 2.75) is 0 Å². The van der Waals surface area contributed by atoms with Crippen molar-refractivity contribution >= 4 is 75.7 Å². The Balaban J connectivity index is 1.16. The molecule has 11 aromatic rings. The van der Waals surface area contributed by atoms with E-state index in [0.29, 0.717) is 0 Å². The maximum atomic E-state index is 6.41. The summed E-state index contributed by atoms with van der Waals surface area (Å²) in [5.41, 5.74) is 10.6. The van der Waals surface area contributed by atoms with E-state index >= 15 is 0 Å². The summed E-state index contributed by atoms with van der Waals surface area (Å²) < 4.78 is 7.70. The first-order chi connectivity index (χ1) is 25.8. The predicted molar refractivity (Wildman–Crippen MR) is 223 cm³/mol. The number of rotatable bonds is 4. The number of benzene rings is 9. The van der Waals surface area contributed by atoms with E-state index in [-0.39, 0.29) is 0 Å². The minimum Gasteiger partial charge on any atom is -0.456 e. The van der Waals surface area contributed by atoms with Gasteiger partial charge in [0.2, 0.25) is 0 Å². The summed E-state index contributed by atoms with van der Waals surface area (Å²) in [6.45, 7) is 0. The largest absolute Gasteiger partial charge is 0.456 e. The Kier molecular flexibility index (Phi) is 6.49. The van der Waals surface area contributed by atoms with Crippen LogP contribution in [0.15, 0.2) is 186 Å². The third-order valence-corrected chi connectivity index (χ3v) is 11.8. The van der Waals surface area contributed by atoms with Crippen LogP contribution in [-0.4, -0.2) is 0 Å². The van der Waals surface area contributed by atoms with E-state index in [1.165, 1.54) is 91.6 Å². The molecule has 242 valence electrons. The van der Waals surface area contributed by atoms with Crippen molar-refractivity contribution in [3.8, 4) is 43.8 Å². The zero-order valence-electron chi connectivity index (χ0n) is 28.1. The highest BCUT2D eigenvalue weighted by molar-refractivity contribution is 7.22. The number of fused-ring (bicyclic) bond motifs is 8. The van der Waals surface area contributed by atoms with Gasteiger partial charge in [0.1, 0.15) is 11.2 Å². The van der Waals surface area contributed by atoms with Crippen LogP contribution in [0.2, 0.25) is 0 Å². The summed E-state index contributed by atoms with van der Waals surface area (Å²) in [5, 5.41) is 11.0. The molecule has 0 aliphatic heterocycles. The Labute approximate surface area is 304 Å². The molecule has 0 N–H and O–H groups in total. The SMILES string of the molecule is c1ccc(-c2ccccc2-c2cc3c(-c4c5ccccc5c(-c5ccc6oc7ccc8ccccc8c7c6c5)c5ccccc45)cccc3s2)cc1. The molecule has 0 unspecified atom stereocenters. The van der Waals surface area contributed by atoms with E-state index in [4.69, 9.17) is 4.42 Å². The molecule has 0 radical (unpaired) electrons. The Morgan fingerprint density at radius 1 is 0.346 bits per heavy atom. The van der Waals surface area contributed by atoms with Crippen LogP contribution in [-0.2, 0) is 0 Å². The van der Waals surface area contributed by atoms with Gasteiger partial charge in [-0.3, -0.25) is 0 Å². The summed E-state index contributed by atoms with van der Waals surface area (Å²) in [5.74, 6) is 0. The first-order valence-electron chi connectivity index (χ1n) is 17.8. The average molecular weight is 679 g/mol. The number of furan rings is 1. The molecule has 0 bridgehead atoms. The molecule has 0 saturated carbocycles. The molecule has 0 aliphatic rings. The van der Waals surface area contributed by atoms with Crippen molar-refractivity contribution in [2.24, 2.45) is 0 Å². The van der Waals surface area contributed by atoms with Gasteiger partial charge < -0.3 is 4.42 Å². The van der Waals surface area contributed by atoms with Crippen molar-refractivity contribution in [2.75, 3.05) is 0 Å². The summed E-state index contributed by atoms with van der Waals surface area (Å²) in [4.78, 5) is 1.28. The fourth-order valence-electron chi connectivity index (χ4n) is 8.41. The van der Waals surface area contributed by atoms with Gasteiger partial charge >= 0.3 is 0 Å². The Morgan fingerprint density at radius 3 is 1.73 bits per heavy atom. The summed E-state index contributed by atoms with van der Waals surface area (Å²) >= 11 is 1.87. The third-order valence-electron chi connectivity index (χ3n) is 10.7. The summed E-state index contributed by atoms with van der Waals surface area (Å²) in [6.07, 6.45) is 0. The molecule has 0 saturated heterocycles. The van der Waals surface area contributed by atoms with Crippen LogP contribution < -0.4 is 0 Å². The Hall–Kier alpha value is -6.48. The average Bonchev–Trinajstić information content (AvgIpc) is 3.82. The molecule has 9 aromatic carbocycles. The third kappa shape index (κ3) is 4.41. The zero-order valence-corrected chi connectivity index (χ0v) is 29.0. The lowest BCUT2D eigenvalue weighted by Gasteiger charge is -2.18. The van der Waals surface area contributed by atoms with Crippen LogP contribution in [0, 0.1) is 0 Å². The normalized spacial score (nSPS) is 11.8. The molecule has 0 atom stereocenters. The molecule has 0 spiro atoms. The highest BCUT2D eigenvalue weighted by Gasteiger charge is 2.20. The second kappa shape index (κ2) is 11.5. The van der Waals surface area contributed by atoms with Crippen LogP contribution in [0.1, 0.15) is 0 Å². The molecular weight excluding hydrogens is 649 g/mol. The molecule has 0 amide bonds. The van der Waals surface area contributed by atoms with Crippen LogP contribution in [0.4, 0.5) is 0 Å². The summed E-state index contributed by atoms with van der Waals surface area (Å²) in [6, 6.07) is 66.2. The zero-order chi connectivity index (χ0) is 34.2. The lowest BCUT2D eigenvalue weighted by atomic mass is 9.85. The standard InChI is InChI=1S/C50H30OS/c1-2-13-31(14-3-1)34-16-6-7-18-36(34)47-30-42-41(23-12-24-46(42)52-47)49-39-21-10-8-19-37(39)48(38-20-9-11-22-40(38)49)33-26-27-44-43(29-33)50-35-17-5-4-15-32(35)25-28-45(50)51-44/h1-30H. The van der Waals surface area contributed by atoms with Gasteiger partial charge in [-0.25, -0.2) is 0 Å². The van der Waals surface area contributed by atoms with E-state index in [2.05, 4.69) is 182 Å². The van der Waals surface area contributed by atoms with E-state index in [9.17, 15) is 0 Å². The minimum absolute atomic E-state index is 0.911. The number of hydrogen-bond donors (Lipinski definition) is 0. The molecule has 0 fully saturated rings. The lowest BCUT2D eigenvalue weighted by Crippen LogP contribution is -1.91. The number of hydrogen-bond acceptors (Lipinski definition) is 2. The monoisotopic (exact) mass is 678 g/mol. The molecule has 2 heterocycles. The first-order valence-corrected chi connectivity index (χ1v) is 18.6. The van der Waals surface area contributed by atoms with Crippen LogP contribution >= 0.6 is 11.3 Å². The highest BCUT2D eigenvalue weighted by Crippen LogP contribution is 2.48. The van der Waals surface area contributed by atoms with Crippen molar-refractivity contribution < 1.29 is 4.42 Å². The van der Waals surface area contributed by atoms with Gasteiger partial charge in [-0.1, -0.05) is 152 Å². The molecule has 2 heteroatoms. The Bertz CT molecular complexity index is 3120.